The van der Waals surface area contributed by atoms with Crippen LogP contribution in [0.2, 0.25) is 0 Å². The van der Waals surface area contributed by atoms with Crippen molar-refractivity contribution in [1.82, 2.24) is 0 Å². The monoisotopic (exact) mass is 474 g/mol. The van der Waals surface area contributed by atoms with E-state index < -0.39 is 24.0 Å². The molecule has 0 bridgehead atoms. The molecule has 1 saturated heterocycles. The second-order valence-corrected chi connectivity index (χ2v) is 10.7. The minimum atomic E-state index is -1.94. The van der Waals surface area contributed by atoms with E-state index in [1.807, 2.05) is 6.08 Å². The van der Waals surface area contributed by atoms with Gasteiger partial charge in [0.05, 0.1) is 12.7 Å². The average molecular weight is 475 g/mol. The summed E-state index contributed by atoms with van der Waals surface area (Å²) in [6.07, 6.45) is 11.8. The van der Waals surface area contributed by atoms with Gasteiger partial charge in [0.25, 0.3) is 0 Å². The highest BCUT2D eigenvalue weighted by atomic mass is 19.2. The van der Waals surface area contributed by atoms with E-state index in [1.165, 1.54) is 38.2 Å². The number of fused-ring (bicyclic) bond motifs is 2. The van der Waals surface area contributed by atoms with Crippen LogP contribution in [0.3, 0.4) is 0 Å². The molecule has 3 unspecified atom stereocenters. The van der Waals surface area contributed by atoms with Crippen LogP contribution in [0.1, 0.15) is 68.6 Å². The quantitative estimate of drug-likeness (QED) is 0.315. The number of hydrogen-bond acceptors (Lipinski definition) is 1. The van der Waals surface area contributed by atoms with Gasteiger partial charge < -0.3 is 4.74 Å². The van der Waals surface area contributed by atoms with Crippen molar-refractivity contribution in [2.75, 3.05) is 6.61 Å². The first kappa shape index (κ1) is 23.8. The fourth-order valence-electron chi connectivity index (χ4n) is 6.30. The molecular formula is C29H34F4O. The minimum Gasteiger partial charge on any atom is -0.374 e. The average Bonchev–Trinajstić information content (AvgIpc) is 3.22. The number of hydrogen-bond donors (Lipinski definition) is 0. The molecule has 2 fully saturated rings. The zero-order valence-corrected chi connectivity index (χ0v) is 19.8. The van der Waals surface area contributed by atoms with Crippen LogP contribution in [0.15, 0.2) is 35.9 Å². The van der Waals surface area contributed by atoms with Gasteiger partial charge in [0, 0.05) is 11.1 Å². The van der Waals surface area contributed by atoms with Crippen molar-refractivity contribution in [2.45, 2.75) is 83.2 Å². The van der Waals surface area contributed by atoms with E-state index in [9.17, 15) is 17.6 Å². The second kappa shape index (κ2) is 10.0. The number of ether oxygens (including phenoxy) is 1. The maximum absolute atomic E-state index is 14.9. The Bertz CT molecular complexity index is 994. The summed E-state index contributed by atoms with van der Waals surface area (Å²) in [6.45, 7) is 3.17. The predicted octanol–water partition coefficient (Wildman–Crippen LogP) is 7.63. The molecule has 5 rings (SSSR count). The topological polar surface area (TPSA) is 9.23 Å². The van der Waals surface area contributed by atoms with Gasteiger partial charge in [-0.05, 0) is 85.5 Å². The van der Waals surface area contributed by atoms with Gasteiger partial charge in [-0.25, -0.2) is 17.6 Å². The number of allylic oxidation sites excluding steroid dienone is 5. The SMILES string of the molecule is CC1CCC(C2CCC(/C=C/CCc3cc4c(c(F)c3F)C3=C(C=CC(F)[C@@H]3F)C4)OC2)CC1. The molecule has 34 heavy (non-hydrogen) atoms. The first-order chi connectivity index (χ1) is 16.4. The van der Waals surface area contributed by atoms with Crippen LogP contribution in [0.25, 0.3) is 5.57 Å². The first-order valence-electron chi connectivity index (χ1n) is 12.9. The van der Waals surface area contributed by atoms with E-state index in [0.717, 1.165) is 30.9 Å². The molecule has 1 heterocycles. The number of aryl methyl sites for hydroxylation is 1. The van der Waals surface area contributed by atoms with Crippen molar-refractivity contribution in [1.29, 1.82) is 0 Å². The molecule has 5 heteroatoms. The zero-order chi connectivity index (χ0) is 23.8. The summed E-state index contributed by atoms with van der Waals surface area (Å²) >= 11 is 0. The molecular weight excluding hydrogens is 440 g/mol. The summed E-state index contributed by atoms with van der Waals surface area (Å²) in [5, 5.41) is 0. The van der Waals surface area contributed by atoms with Crippen molar-refractivity contribution in [3.05, 3.63) is 64.3 Å². The molecule has 4 atom stereocenters. The normalized spacial score (nSPS) is 33.4. The van der Waals surface area contributed by atoms with Gasteiger partial charge in [-0.2, -0.15) is 0 Å². The van der Waals surface area contributed by atoms with Crippen molar-refractivity contribution in [3.8, 4) is 0 Å². The summed E-state index contributed by atoms with van der Waals surface area (Å²) < 4.78 is 64.0. The Kier molecular flexibility index (Phi) is 7.02. The lowest BCUT2D eigenvalue weighted by atomic mass is 9.74. The van der Waals surface area contributed by atoms with E-state index in [2.05, 4.69) is 13.0 Å². The van der Waals surface area contributed by atoms with Gasteiger partial charge in [-0.1, -0.05) is 44.1 Å². The Balaban J connectivity index is 1.15. The molecule has 1 aliphatic heterocycles. The Morgan fingerprint density at radius 1 is 1.00 bits per heavy atom. The number of alkyl halides is 2. The smallest absolute Gasteiger partial charge is 0.167 e. The van der Waals surface area contributed by atoms with Crippen LogP contribution in [-0.4, -0.2) is 25.1 Å². The highest BCUT2D eigenvalue weighted by Gasteiger charge is 2.37. The van der Waals surface area contributed by atoms with Crippen molar-refractivity contribution >= 4 is 5.57 Å². The number of rotatable bonds is 5. The van der Waals surface area contributed by atoms with Gasteiger partial charge in [-0.15, -0.1) is 0 Å². The fraction of sp³-hybridized carbons (Fsp3) is 0.586. The standard InChI is InChI=1S/C29H34F4O/c1-17-6-8-18(9-7-17)21-10-12-23(34-16-21)5-3-2-4-20-15-22-14-19-11-13-24(30)28(32)25(19)26(22)29(33)27(20)31/h3,5,11,13,15,17-18,21,23-24,28H,2,4,6-10,12,14,16H2,1H3/b5-3+/t17?,18?,21?,23?,24?,28-/m0/s1. The molecule has 0 aromatic heterocycles. The van der Waals surface area contributed by atoms with Gasteiger partial charge in [0.1, 0.15) is 0 Å². The van der Waals surface area contributed by atoms with Crippen LogP contribution < -0.4 is 0 Å². The molecule has 3 aliphatic carbocycles. The van der Waals surface area contributed by atoms with Gasteiger partial charge >= 0.3 is 0 Å². The molecule has 0 amide bonds. The fourth-order valence-corrected chi connectivity index (χ4v) is 6.30. The van der Waals surface area contributed by atoms with E-state index >= 15 is 0 Å². The Morgan fingerprint density at radius 2 is 1.76 bits per heavy atom. The Morgan fingerprint density at radius 3 is 2.50 bits per heavy atom. The van der Waals surface area contributed by atoms with Crippen LogP contribution in [0.5, 0.6) is 0 Å². The lowest BCUT2D eigenvalue weighted by molar-refractivity contribution is -0.0162. The van der Waals surface area contributed by atoms with E-state index in [0.29, 0.717) is 36.3 Å². The number of benzene rings is 1. The third-order valence-corrected chi connectivity index (χ3v) is 8.40. The minimum absolute atomic E-state index is 0.0247. The van der Waals surface area contributed by atoms with Crippen LogP contribution in [0, 0.1) is 29.4 Å². The van der Waals surface area contributed by atoms with E-state index in [4.69, 9.17) is 4.74 Å². The first-order valence-corrected chi connectivity index (χ1v) is 12.9. The highest BCUT2D eigenvalue weighted by molar-refractivity contribution is 5.83. The molecule has 0 spiro atoms. The second-order valence-electron chi connectivity index (χ2n) is 10.7. The zero-order valence-electron chi connectivity index (χ0n) is 19.8. The number of halogens is 4. The predicted molar refractivity (Wildman–Crippen MR) is 127 cm³/mol. The maximum atomic E-state index is 14.9. The lowest BCUT2D eigenvalue weighted by Gasteiger charge is -2.36. The summed E-state index contributed by atoms with van der Waals surface area (Å²) in [6, 6.07) is 1.63. The van der Waals surface area contributed by atoms with Gasteiger partial charge in [-0.3, -0.25) is 0 Å². The molecule has 4 aliphatic rings. The summed E-state index contributed by atoms with van der Waals surface area (Å²) in [5.41, 5.74) is 1.27. The molecule has 1 saturated carbocycles. The maximum Gasteiger partial charge on any atom is 0.167 e. The van der Waals surface area contributed by atoms with Crippen LogP contribution in [0.4, 0.5) is 17.6 Å². The largest absolute Gasteiger partial charge is 0.374 e. The summed E-state index contributed by atoms with van der Waals surface area (Å²) in [5.74, 6) is 0.341. The summed E-state index contributed by atoms with van der Waals surface area (Å²) in [7, 11) is 0. The third kappa shape index (κ3) is 4.65. The molecule has 1 aromatic rings. The highest BCUT2D eigenvalue weighted by Crippen LogP contribution is 2.44. The van der Waals surface area contributed by atoms with E-state index in [1.54, 1.807) is 6.07 Å². The molecule has 0 radical (unpaired) electrons. The van der Waals surface area contributed by atoms with Gasteiger partial charge in [0.15, 0.2) is 24.0 Å². The van der Waals surface area contributed by atoms with Crippen molar-refractivity contribution < 1.29 is 22.3 Å². The molecule has 184 valence electrons. The van der Waals surface area contributed by atoms with E-state index in [-0.39, 0.29) is 22.8 Å². The molecule has 1 nitrogen and oxygen atoms in total. The lowest BCUT2D eigenvalue weighted by Crippen LogP contribution is -2.31. The van der Waals surface area contributed by atoms with Crippen molar-refractivity contribution in [2.24, 2.45) is 17.8 Å². The molecule has 1 aromatic carbocycles. The third-order valence-electron chi connectivity index (χ3n) is 8.40. The van der Waals surface area contributed by atoms with Crippen molar-refractivity contribution in [3.63, 3.8) is 0 Å². The van der Waals surface area contributed by atoms with Crippen LogP contribution in [-0.2, 0) is 17.6 Å². The molecule has 0 N–H and O–H groups in total. The van der Waals surface area contributed by atoms with Gasteiger partial charge in [0.2, 0.25) is 0 Å². The Labute approximate surface area is 200 Å². The Hall–Kier alpha value is -1.88. The summed E-state index contributed by atoms with van der Waals surface area (Å²) in [4.78, 5) is 0. The van der Waals surface area contributed by atoms with Crippen LogP contribution >= 0.6 is 0 Å².